The summed E-state index contributed by atoms with van der Waals surface area (Å²) in [6, 6.07) is 13.8. The summed E-state index contributed by atoms with van der Waals surface area (Å²) in [5, 5.41) is 19.2. The second-order valence-corrected chi connectivity index (χ2v) is 7.34. The van der Waals surface area contributed by atoms with Crippen LogP contribution in [0.4, 0.5) is 4.39 Å². The number of nitriles is 1. The number of thioether (sulfide) groups is 1. The van der Waals surface area contributed by atoms with Crippen LogP contribution in [-0.2, 0) is 17.0 Å². The maximum absolute atomic E-state index is 13.4. The van der Waals surface area contributed by atoms with Gasteiger partial charge in [-0.25, -0.2) is 4.39 Å². The molecule has 0 unspecified atom stereocenters. The van der Waals surface area contributed by atoms with Crippen LogP contribution in [0.25, 0.3) is 11.4 Å². The van der Waals surface area contributed by atoms with Gasteiger partial charge in [0, 0.05) is 31.6 Å². The summed E-state index contributed by atoms with van der Waals surface area (Å²) >= 11 is 7.79. The molecule has 0 radical (unpaired) electrons. The maximum atomic E-state index is 13.4. The van der Waals surface area contributed by atoms with Gasteiger partial charge in [0.1, 0.15) is 5.82 Å². The summed E-state index contributed by atoms with van der Waals surface area (Å²) in [6.07, 6.45) is 0.791. The van der Waals surface area contributed by atoms with E-state index in [9.17, 15) is 9.65 Å². The Morgan fingerprint density at radius 3 is 2.82 bits per heavy atom. The van der Waals surface area contributed by atoms with Gasteiger partial charge in [-0.05, 0) is 36.2 Å². The molecule has 0 saturated heterocycles. The highest BCUT2D eigenvalue weighted by molar-refractivity contribution is 7.98. The number of ether oxygens (including phenoxy) is 1. The van der Waals surface area contributed by atoms with E-state index in [-0.39, 0.29) is 0 Å². The third-order valence-corrected chi connectivity index (χ3v) is 5.46. The number of aromatic nitrogens is 3. The molecular weight excluding hydrogens is 399 g/mol. The van der Waals surface area contributed by atoms with Gasteiger partial charge >= 0.3 is 0 Å². The number of hydrogen-bond donors (Lipinski definition) is 0. The van der Waals surface area contributed by atoms with Crippen LogP contribution in [0.5, 0.6) is 0 Å². The largest absolute Gasteiger partial charge is 0.385 e. The van der Waals surface area contributed by atoms with E-state index < -0.39 is 5.82 Å². The molecular formula is C20H18ClFN4OS. The predicted molar refractivity (Wildman–Crippen MR) is 108 cm³/mol. The Morgan fingerprint density at radius 1 is 1.25 bits per heavy atom. The second-order valence-electron chi connectivity index (χ2n) is 5.99. The molecule has 3 rings (SSSR count). The van der Waals surface area contributed by atoms with E-state index in [0.717, 1.165) is 17.5 Å². The van der Waals surface area contributed by atoms with Crippen LogP contribution >= 0.6 is 23.4 Å². The molecule has 0 spiro atoms. The number of hydrogen-bond acceptors (Lipinski definition) is 5. The Morgan fingerprint density at radius 2 is 2.07 bits per heavy atom. The van der Waals surface area contributed by atoms with Crippen LogP contribution in [0.2, 0.25) is 5.02 Å². The fourth-order valence-corrected chi connectivity index (χ4v) is 3.92. The normalized spacial score (nSPS) is 10.8. The Balaban J connectivity index is 1.88. The maximum Gasteiger partial charge on any atom is 0.191 e. The molecule has 0 fully saturated rings. The first-order valence-electron chi connectivity index (χ1n) is 8.62. The second kappa shape index (κ2) is 9.69. The number of methoxy groups -OCH3 is 1. The van der Waals surface area contributed by atoms with Crippen molar-refractivity contribution in [2.24, 2.45) is 0 Å². The van der Waals surface area contributed by atoms with Crippen molar-refractivity contribution in [3.05, 3.63) is 64.4 Å². The molecule has 0 atom stereocenters. The molecule has 0 N–H and O–H groups in total. The molecule has 3 aromatic rings. The highest BCUT2D eigenvalue weighted by Crippen LogP contribution is 2.31. The Hall–Kier alpha value is -2.40. The van der Waals surface area contributed by atoms with Crippen molar-refractivity contribution in [2.75, 3.05) is 13.7 Å². The van der Waals surface area contributed by atoms with Crippen LogP contribution < -0.4 is 0 Å². The summed E-state index contributed by atoms with van der Waals surface area (Å²) in [7, 11) is 1.66. The van der Waals surface area contributed by atoms with E-state index in [2.05, 4.69) is 10.2 Å². The van der Waals surface area contributed by atoms with Crippen molar-refractivity contribution in [1.29, 1.82) is 5.26 Å². The summed E-state index contributed by atoms with van der Waals surface area (Å²) in [4.78, 5) is 0. The predicted octanol–water partition coefficient (Wildman–Crippen LogP) is 4.94. The first kappa shape index (κ1) is 20.3. The quantitative estimate of drug-likeness (QED) is 0.384. The average Bonchev–Trinajstić information content (AvgIpc) is 3.10. The lowest BCUT2D eigenvalue weighted by molar-refractivity contribution is 0.189. The molecule has 28 heavy (non-hydrogen) atoms. The third kappa shape index (κ3) is 4.71. The van der Waals surface area contributed by atoms with E-state index in [1.54, 1.807) is 13.2 Å². The van der Waals surface area contributed by atoms with E-state index in [1.807, 2.05) is 34.9 Å². The van der Waals surface area contributed by atoms with Gasteiger partial charge in [-0.1, -0.05) is 41.6 Å². The lowest BCUT2D eigenvalue weighted by Gasteiger charge is -2.11. The molecule has 0 aliphatic carbocycles. The smallest absolute Gasteiger partial charge is 0.191 e. The van der Waals surface area contributed by atoms with Crippen molar-refractivity contribution >= 4 is 23.4 Å². The molecule has 8 heteroatoms. The molecule has 2 aromatic carbocycles. The van der Waals surface area contributed by atoms with Crippen molar-refractivity contribution in [3.63, 3.8) is 0 Å². The van der Waals surface area contributed by atoms with Crippen LogP contribution in [-0.4, -0.2) is 28.5 Å². The average molecular weight is 417 g/mol. The fraction of sp³-hybridized carbons (Fsp3) is 0.250. The summed E-state index contributed by atoms with van der Waals surface area (Å²) in [5.74, 6) is 0.742. The Labute approximate surface area is 172 Å². The summed E-state index contributed by atoms with van der Waals surface area (Å²) < 4.78 is 20.5. The summed E-state index contributed by atoms with van der Waals surface area (Å²) in [5.41, 5.74) is 1.88. The van der Waals surface area contributed by atoms with Gasteiger partial charge < -0.3 is 9.30 Å². The van der Waals surface area contributed by atoms with Crippen LogP contribution in [0, 0.1) is 17.1 Å². The van der Waals surface area contributed by atoms with Gasteiger partial charge in [0.15, 0.2) is 11.0 Å². The minimum atomic E-state index is -0.422. The Bertz CT molecular complexity index is 1000. The molecule has 144 valence electrons. The van der Waals surface area contributed by atoms with Crippen LogP contribution in [0.1, 0.15) is 17.5 Å². The van der Waals surface area contributed by atoms with Gasteiger partial charge in [-0.3, -0.25) is 0 Å². The van der Waals surface area contributed by atoms with Gasteiger partial charge in [0.05, 0.1) is 16.7 Å². The fourth-order valence-electron chi connectivity index (χ4n) is 2.73. The lowest BCUT2D eigenvalue weighted by Crippen LogP contribution is -2.05. The van der Waals surface area contributed by atoms with Gasteiger partial charge in [-0.2, -0.15) is 5.26 Å². The first-order valence-corrected chi connectivity index (χ1v) is 9.98. The van der Waals surface area contributed by atoms with Gasteiger partial charge in [0.2, 0.25) is 0 Å². The van der Waals surface area contributed by atoms with Crippen molar-refractivity contribution in [3.8, 4) is 17.5 Å². The van der Waals surface area contributed by atoms with Crippen LogP contribution in [0.15, 0.2) is 47.6 Å². The van der Waals surface area contributed by atoms with Crippen molar-refractivity contribution < 1.29 is 9.13 Å². The molecule has 0 aliphatic heterocycles. The van der Waals surface area contributed by atoms with E-state index in [1.165, 1.54) is 23.9 Å². The highest BCUT2D eigenvalue weighted by atomic mass is 35.5. The molecule has 0 aliphatic rings. The molecule has 0 amide bonds. The number of rotatable bonds is 8. The lowest BCUT2D eigenvalue weighted by atomic mass is 10.1. The number of nitrogens with zero attached hydrogens (tertiary/aromatic N) is 4. The van der Waals surface area contributed by atoms with Gasteiger partial charge in [0.25, 0.3) is 0 Å². The zero-order valence-corrected chi connectivity index (χ0v) is 16.8. The highest BCUT2D eigenvalue weighted by Gasteiger charge is 2.17. The summed E-state index contributed by atoms with van der Waals surface area (Å²) in [6.45, 7) is 1.28. The van der Waals surface area contributed by atoms with Gasteiger partial charge in [-0.15, -0.1) is 10.2 Å². The van der Waals surface area contributed by atoms with Crippen LogP contribution in [0.3, 0.4) is 0 Å². The van der Waals surface area contributed by atoms with E-state index >= 15 is 0 Å². The standard InChI is InChI=1S/C20H18ClFN4OS/c1-27-10-4-9-26-19(17-5-2-3-6-18(17)21)24-25-20(26)28-13-14-7-8-16(22)11-15(14)12-23/h2-3,5-8,11H,4,9-10,13H2,1H3. The van der Waals surface area contributed by atoms with E-state index in [4.69, 9.17) is 16.3 Å². The SMILES string of the molecule is COCCCn1c(SCc2ccc(F)cc2C#N)nnc1-c1ccccc1Cl. The number of halogens is 2. The molecule has 1 aromatic heterocycles. The molecule has 0 saturated carbocycles. The first-order chi connectivity index (χ1) is 13.6. The molecule has 0 bridgehead atoms. The Kier molecular flexibility index (Phi) is 7.04. The zero-order valence-electron chi connectivity index (χ0n) is 15.2. The molecule has 5 nitrogen and oxygen atoms in total. The third-order valence-electron chi connectivity index (χ3n) is 4.11. The molecule has 1 heterocycles. The van der Waals surface area contributed by atoms with Crippen molar-refractivity contribution in [1.82, 2.24) is 14.8 Å². The topological polar surface area (TPSA) is 63.7 Å². The van der Waals surface area contributed by atoms with E-state index in [0.29, 0.717) is 40.5 Å². The zero-order chi connectivity index (χ0) is 19.9. The number of benzene rings is 2. The minimum Gasteiger partial charge on any atom is -0.385 e. The van der Waals surface area contributed by atoms with Crippen molar-refractivity contribution in [2.45, 2.75) is 23.9 Å². The minimum absolute atomic E-state index is 0.323. The monoisotopic (exact) mass is 416 g/mol.